The molecule has 142 valence electrons. The summed E-state index contributed by atoms with van der Waals surface area (Å²) in [7, 11) is 0. The number of benzene rings is 2. The molecule has 0 spiro atoms. The summed E-state index contributed by atoms with van der Waals surface area (Å²) in [6.07, 6.45) is 6.46. The first kappa shape index (κ1) is 17.4. The normalized spacial score (nSPS) is 11.2. The number of fused-ring (bicyclic) bond motifs is 1. The van der Waals surface area contributed by atoms with Crippen molar-refractivity contribution in [2.75, 3.05) is 0 Å². The summed E-state index contributed by atoms with van der Waals surface area (Å²) < 4.78 is 15.6. The zero-order valence-electron chi connectivity index (χ0n) is 15.7. The van der Waals surface area contributed by atoms with E-state index in [1.165, 1.54) is 17.7 Å². The van der Waals surface area contributed by atoms with Gasteiger partial charge in [0.05, 0.1) is 17.7 Å². The van der Waals surface area contributed by atoms with E-state index in [2.05, 4.69) is 38.8 Å². The fourth-order valence-electron chi connectivity index (χ4n) is 3.71. The summed E-state index contributed by atoms with van der Waals surface area (Å²) in [4.78, 5) is 12.3. The zero-order valence-corrected chi connectivity index (χ0v) is 15.7. The number of nitrogens with one attached hydrogen (secondary N) is 1. The Hall–Kier alpha value is -3.73. The lowest BCUT2D eigenvalue weighted by molar-refractivity contribution is 0.628. The zero-order chi connectivity index (χ0) is 19.6. The summed E-state index contributed by atoms with van der Waals surface area (Å²) in [5, 5.41) is 1.04. The molecule has 5 aromatic rings. The van der Waals surface area contributed by atoms with Crippen LogP contribution in [0, 0.1) is 5.82 Å². The largest absolute Gasteiger partial charge is 0.346 e. The summed E-state index contributed by atoms with van der Waals surface area (Å²) in [6, 6.07) is 20.9. The number of pyridine rings is 1. The van der Waals surface area contributed by atoms with Crippen molar-refractivity contribution >= 4 is 11.0 Å². The van der Waals surface area contributed by atoms with Gasteiger partial charge in [0.25, 0.3) is 0 Å². The van der Waals surface area contributed by atoms with Crippen LogP contribution in [0.15, 0.2) is 85.5 Å². The Kier molecular flexibility index (Phi) is 4.41. The highest BCUT2D eigenvalue weighted by molar-refractivity contribution is 5.95. The van der Waals surface area contributed by atoms with Crippen molar-refractivity contribution < 1.29 is 4.39 Å². The van der Waals surface area contributed by atoms with Gasteiger partial charge in [0.1, 0.15) is 11.5 Å². The van der Waals surface area contributed by atoms with Crippen molar-refractivity contribution in [3.63, 3.8) is 0 Å². The predicted octanol–water partition coefficient (Wildman–Crippen LogP) is 5.48. The van der Waals surface area contributed by atoms with Gasteiger partial charge in [0.2, 0.25) is 0 Å². The molecule has 2 aromatic carbocycles. The van der Waals surface area contributed by atoms with Crippen LogP contribution in [-0.4, -0.2) is 19.5 Å². The van der Waals surface area contributed by atoms with Crippen molar-refractivity contribution in [1.82, 2.24) is 19.5 Å². The molecule has 5 heteroatoms. The minimum atomic E-state index is -0.254. The number of imidazole rings is 1. The van der Waals surface area contributed by atoms with Crippen molar-refractivity contribution in [2.45, 2.75) is 13.0 Å². The fourth-order valence-corrected chi connectivity index (χ4v) is 3.71. The van der Waals surface area contributed by atoms with Crippen molar-refractivity contribution in [2.24, 2.45) is 0 Å². The number of H-pyrrole nitrogens is 1. The third kappa shape index (κ3) is 3.31. The van der Waals surface area contributed by atoms with E-state index < -0.39 is 0 Å². The van der Waals surface area contributed by atoms with Gasteiger partial charge < -0.3 is 9.55 Å². The van der Waals surface area contributed by atoms with Gasteiger partial charge in [-0.15, -0.1) is 0 Å². The molecule has 0 fully saturated rings. The van der Waals surface area contributed by atoms with Crippen LogP contribution in [0.5, 0.6) is 0 Å². The maximum atomic E-state index is 13.5. The Morgan fingerprint density at radius 3 is 2.55 bits per heavy atom. The molecule has 0 saturated carbocycles. The summed E-state index contributed by atoms with van der Waals surface area (Å²) in [6.45, 7) is 0.793. The number of nitrogens with zero attached hydrogens (tertiary/aromatic N) is 3. The molecule has 4 nitrogen and oxygen atoms in total. The Balaban J connectivity index is 1.63. The summed E-state index contributed by atoms with van der Waals surface area (Å²) in [5.74, 6) is -0.254. The highest BCUT2D eigenvalue weighted by atomic mass is 19.1. The van der Waals surface area contributed by atoms with E-state index in [-0.39, 0.29) is 5.82 Å². The molecule has 0 aliphatic rings. The number of aryl methyl sites for hydroxylation is 2. The van der Waals surface area contributed by atoms with E-state index in [1.54, 1.807) is 18.3 Å². The van der Waals surface area contributed by atoms with E-state index >= 15 is 0 Å². The molecule has 5 rings (SSSR count). The van der Waals surface area contributed by atoms with Crippen LogP contribution >= 0.6 is 0 Å². The Morgan fingerprint density at radius 1 is 0.897 bits per heavy atom. The van der Waals surface area contributed by atoms with E-state index in [1.807, 2.05) is 30.7 Å². The topological polar surface area (TPSA) is 46.5 Å². The van der Waals surface area contributed by atoms with E-state index in [9.17, 15) is 4.39 Å². The molecule has 29 heavy (non-hydrogen) atoms. The van der Waals surface area contributed by atoms with Gasteiger partial charge in [-0.3, -0.25) is 0 Å². The first-order valence-corrected chi connectivity index (χ1v) is 9.57. The third-order valence-electron chi connectivity index (χ3n) is 5.15. The average Bonchev–Trinajstić information content (AvgIpc) is 3.40. The van der Waals surface area contributed by atoms with Crippen LogP contribution < -0.4 is 0 Å². The van der Waals surface area contributed by atoms with Crippen LogP contribution in [0.1, 0.15) is 5.56 Å². The molecule has 0 atom stereocenters. The second-order valence-corrected chi connectivity index (χ2v) is 6.98. The Bertz CT molecular complexity index is 1250. The first-order chi connectivity index (χ1) is 14.3. The van der Waals surface area contributed by atoms with Gasteiger partial charge in [-0.2, -0.15) is 0 Å². The van der Waals surface area contributed by atoms with Crippen LogP contribution in [0.2, 0.25) is 0 Å². The van der Waals surface area contributed by atoms with Gasteiger partial charge in [-0.1, -0.05) is 30.3 Å². The molecule has 0 saturated heterocycles. The highest BCUT2D eigenvalue weighted by Crippen LogP contribution is 2.35. The molecule has 0 radical (unpaired) electrons. The molecule has 1 N–H and O–H groups in total. The van der Waals surface area contributed by atoms with Gasteiger partial charge in [0.15, 0.2) is 0 Å². The lowest BCUT2D eigenvalue weighted by atomic mass is 10.0. The van der Waals surface area contributed by atoms with Crippen molar-refractivity contribution in [3.05, 3.63) is 96.8 Å². The first-order valence-electron chi connectivity index (χ1n) is 9.57. The van der Waals surface area contributed by atoms with Crippen LogP contribution in [-0.2, 0) is 13.0 Å². The second-order valence-electron chi connectivity index (χ2n) is 6.98. The standard InChI is InChI=1S/C24H19FN4/c25-19-8-6-18(7-9-19)22-23(20-10-13-26-24-21(20)11-14-27-24)29(16-28-22)15-12-17-4-2-1-3-5-17/h1-11,13-14,16H,12,15H2,(H,26,27). The lowest BCUT2D eigenvalue weighted by Gasteiger charge is -2.12. The SMILES string of the molecule is Fc1ccc(-c2ncn(CCc3ccccc3)c2-c2ccnc3[nH]ccc23)cc1. The maximum absolute atomic E-state index is 13.5. The molecular weight excluding hydrogens is 363 g/mol. The summed E-state index contributed by atoms with van der Waals surface area (Å²) in [5.41, 5.74) is 5.91. The molecule has 0 unspecified atom stereocenters. The second kappa shape index (κ2) is 7.36. The third-order valence-corrected chi connectivity index (χ3v) is 5.15. The molecule has 0 amide bonds. The molecular formula is C24H19FN4. The molecule has 3 aromatic heterocycles. The lowest BCUT2D eigenvalue weighted by Crippen LogP contribution is -2.03. The van der Waals surface area contributed by atoms with E-state index in [0.717, 1.165) is 46.5 Å². The van der Waals surface area contributed by atoms with Crippen molar-refractivity contribution in [1.29, 1.82) is 0 Å². The number of hydrogen-bond donors (Lipinski definition) is 1. The molecule has 0 aliphatic heterocycles. The predicted molar refractivity (Wildman–Crippen MR) is 113 cm³/mol. The number of rotatable bonds is 5. The highest BCUT2D eigenvalue weighted by Gasteiger charge is 2.18. The summed E-state index contributed by atoms with van der Waals surface area (Å²) >= 11 is 0. The number of hydrogen-bond acceptors (Lipinski definition) is 2. The monoisotopic (exact) mass is 382 g/mol. The minimum Gasteiger partial charge on any atom is -0.346 e. The fraction of sp³-hybridized carbons (Fsp3) is 0.0833. The maximum Gasteiger partial charge on any atom is 0.137 e. The average molecular weight is 382 g/mol. The van der Waals surface area contributed by atoms with E-state index in [0.29, 0.717) is 0 Å². The molecule has 0 aliphatic carbocycles. The molecule has 0 bridgehead atoms. The van der Waals surface area contributed by atoms with Gasteiger partial charge in [-0.25, -0.2) is 14.4 Å². The van der Waals surface area contributed by atoms with Gasteiger partial charge in [0, 0.05) is 35.5 Å². The Morgan fingerprint density at radius 2 is 1.72 bits per heavy atom. The Labute approximate surface area is 167 Å². The van der Waals surface area contributed by atoms with Crippen molar-refractivity contribution in [3.8, 4) is 22.5 Å². The molecule has 3 heterocycles. The van der Waals surface area contributed by atoms with Crippen LogP contribution in [0.25, 0.3) is 33.5 Å². The quantitative estimate of drug-likeness (QED) is 0.438. The van der Waals surface area contributed by atoms with Gasteiger partial charge in [-0.05, 0) is 48.4 Å². The number of aromatic nitrogens is 4. The van der Waals surface area contributed by atoms with E-state index in [4.69, 9.17) is 4.98 Å². The van der Waals surface area contributed by atoms with Crippen LogP contribution in [0.4, 0.5) is 4.39 Å². The number of aromatic amines is 1. The smallest absolute Gasteiger partial charge is 0.137 e. The minimum absolute atomic E-state index is 0.254. The number of halogens is 1. The van der Waals surface area contributed by atoms with Gasteiger partial charge >= 0.3 is 0 Å². The van der Waals surface area contributed by atoms with Crippen LogP contribution in [0.3, 0.4) is 0 Å².